The highest BCUT2D eigenvalue weighted by Crippen LogP contribution is 2.52. The zero-order valence-corrected chi connectivity index (χ0v) is 33.9. The molecule has 1 saturated heterocycles. The Labute approximate surface area is 323 Å². The fourth-order valence-corrected chi connectivity index (χ4v) is 9.20. The van der Waals surface area contributed by atoms with E-state index in [1.807, 2.05) is 0 Å². The molecular weight excluding hydrogens is 670 g/mol. The first-order valence-corrected chi connectivity index (χ1v) is 22.3. The molecule has 0 spiro atoms. The second-order valence-corrected chi connectivity index (χ2v) is 17.4. The van der Waals surface area contributed by atoms with Crippen LogP contribution in [0.2, 0.25) is 0 Å². The fraction of sp³-hybridized carbons (Fsp3) is 0.932. The molecule has 9 heteroatoms. The third-order valence-corrected chi connectivity index (χ3v) is 12.4. The Morgan fingerprint density at radius 3 is 2.00 bits per heavy atom. The molecule has 6 N–H and O–H groups in total. The van der Waals surface area contributed by atoms with Crippen molar-refractivity contribution in [1.29, 1.82) is 0 Å². The van der Waals surface area contributed by atoms with Crippen LogP contribution in [0.15, 0.2) is 11.6 Å². The van der Waals surface area contributed by atoms with Gasteiger partial charge in [0.25, 0.3) is 0 Å². The number of hydrogen-bond acceptors (Lipinski definition) is 8. The molecule has 3 aliphatic rings. The largest absolute Gasteiger partial charge is 0.394 e. The van der Waals surface area contributed by atoms with Crippen molar-refractivity contribution in [3.63, 3.8) is 0 Å². The number of aliphatic hydroxyl groups excluding tert-OH is 5. The molecule has 1 aliphatic heterocycles. The first-order valence-electron chi connectivity index (χ1n) is 22.3. The summed E-state index contributed by atoms with van der Waals surface area (Å²) < 4.78 is 11.3. The summed E-state index contributed by atoms with van der Waals surface area (Å²) in [4.78, 5) is 13.0. The van der Waals surface area contributed by atoms with E-state index in [-0.39, 0.29) is 12.5 Å². The van der Waals surface area contributed by atoms with Crippen LogP contribution < -0.4 is 5.32 Å². The van der Waals surface area contributed by atoms with E-state index in [4.69, 9.17) is 9.47 Å². The highest BCUT2D eigenvalue weighted by molar-refractivity contribution is 5.76. The van der Waals surface area contributed by atoms with Crippen molar-refractivity contribution in [3.05, 3.63) is 11.6 Å². The van der Waals surface area contributed by atoms with Gasteiger partial charge in [-0.25, -0.2) is 0 Å². The summed E-state index contributed by atoms with van der Waals surface area (Å²) in [6.45, 7) is 3.99. The van der Waals surface area contributed by atoms with Crippen molar-refractivity contribution < 1.29 is 39.8 Å². The Bertz CT molecular complexity index is 992. The van der Waals surface area contributed by atoms with Gasteiger partial charge >= 0.3 is 0 Å². The molecule has 310 valence electrons. The lowest BCUT2D eigenvalue weighted by molar-refractivity contribution is -0.302. The minimum atomic E-state index is -1.55. The molecule has 7 unspecified atom stereocenters. The van der Waals surface area contributed by atoms with E-state index in [2.05, 4.69) is 25.2 Å². The van der Waals surface area contributed by atoms with Gasteiger partial charge in [0.05, 0.1) is 25.4 Å². The van der Waals surface area contributed by atoms with Crippen molar-refractivity contribution >= 4 is 5.91 Å². The van der Waals surface area contributed by atoms with E-state index in [9.17, 15) is 30.3 Å². The molecule has 2 fully saturated rings. The molecule has 1 heterocycles. The highest BCUT2D eigenvalue weighted by atomic mass is 16.7. The zero-order valence-electron chi connectivity index (χ0n) is 33.9. The number of carbonyl (C=O) groups excluding carboxylic acids is 1. The number of ether oxygens (including phenoxy) is 2. The van der Waals surface area contributed by atoms with E-state index < -0.39 is 49.5 Å². The first kappa shape index (κ1) is 46.3. The second-order valence-electron chi connectivity index (χ2n) is 17.4. The molecule has 53 heavy (non-hydrogen) atoms. The minimum absolute atomic E-state index is 0.133. The van der Waals surface area contributed by atoms with Crippen molar-refractivity contribution in [1.82, 2.24) is 5.32 Å². The molecule has 0 radical (unpaired) electrons. The Morgan fingerprint density at radius 1 is 0.830 bits per heavy atom. The van der Waals surface area contributed by atoms with Gasteiger partial charge in [-0.05, 0) is 56.3 Å². The summed E-state index contributed by atoms with van der Waals surface area (Å²) in [5.41, 5.74) is 2.30. The lowest BCUT2D eigenvalue weighted by Gasteiger charge is -2.40. The molecule has 2 bridgehead atoms. The number of hydrogen-bond donors (Lipinski definition) is 6. The molecule has 0 aromatic heterocycles. The van der Waals surface area contributed by atoms with Gasteiger partial charge in [-0.2, -0.15) is 0 Å². The van der Waals surface area contributed by atoms with Gasteiger partial charge in [0.1, 0.15) is 24.4 Å². The number of aliphatic hydroxyl groups is 5. The predicted octanol–water partition coefficient (Wildman–Crippen LogP) is 8.17. The van der Waals surface area contributed by atoms with Crippen LogP contribution in [-0.2, 0) is 14.3 Å². The molecular formula is C44H81NO8. The minimum Gasteiger partial charge on any atom is -0.394 e. The maximum Gasteiger partial charge on any atom is 0.220 e. The Balaban J connectivity index is 1.30. The Morgan fingerprint density at radius 2 is 1.40 bits per heavy atom. The Kier molecular flexibility index (Phi) is 23.4. The number of carbonyl (C=O) groups is 1. The van der Waals surface area contributed by atoms with Gasteiger partial charge in [0.15, 0.2) is 6.29 Å². The van der Waals surface area contributed by atoms with Gasteiger partial charge in [-0.3, -0.25) is 4.79 Å². The first-order chi connectivity index (χ1) is 25.7. The summed E-state index contributed by atoms with van der Waals surface area (Å²) in [5.74, 6) is 0.715. The van der Waals surface area contributed by atoms with Crippen LogP contribution in [0.1, 0.15) is 194 Å². The number of unbranched alkanes of at least 4 members (excludes halogenated alkanes) is 19. The summed E-state index contributed by atoms with van der Waals surface area (Å²) >= 11 is 0. The number of nitrogens with one attached hydrogen (secondary N) is 1. The monoisotopic (exact) mass is 752 g/mol. The summed E-state index contributed by atoms with van der Waals surface area (Å²) in [5, 5.41) is 54.4. The second kappa shape index (κ2) is 26.7. The van der Waals surface area contributed by atoms with Crippen LogP contribution >= 0.6 is 0 Å². The number of allylic oxidation sites excluding steroid dienone is 2. The van der Waals surface area contributed by atoms with Crippen LogP contribution in [-0.4, -0.2) is 87.5 Å². The quantitative estimate of drug-likeness (QED) is 0.0307. The SMILES string of the molecule is CCCCCCCCCCCCCCC[C@@H](O)[C@H](COC1OC(CO)C(O)C(O)C1O)NC(=O)CCCCCCCCCCC12CC=C(CC(C)C1)C2. The van der Waals surface area contributed by atoms with Crippen molar-refractivity contribution in [2.45, 2.75) is 236 Å². The third-order valence-electron chi connectivity index (χ3n) is 12.4. The van der Waals surface area contributed by atoms with Crippen LogP contribution in [0.25, 0.3) is 0 Å². The van der Waals surface area contributed by atoms with Gasteiger partial charge < -0.3 is 40.3 Å². The molecule has 2 aliphatic carbocycles. The van der Waals surface area contributed by atoms with Crippen LogP contribution in [0.5, 0.6) is 0 Å². The van der Waals surface area contributed by atoms with E-state index in [0.717, 1.165) is 44.4 Å². The maximum atomic E-state index is 13.0. The van der Waals surface area contributed by atoms with E-state index >= 15 is 0 Å². The third kappa shape index (κ3) is 17.7. The molecule has 9 atom stereocenters. The average Bonchev–Trinajstić information content (AvgIpc) is 3.45. The van der Waals surface area contributed by atoms with Gasteiger partial charge in [-0.15, -0.1) is 0 Å². The number of rotatable bonds is 31. The molecule has 1 saturated carbocycles. The molecule has 1 amide bonds. The topological polar surface area (TPSA) is 149 Å². The lowest BCUT2D eigenvalue weighted by Crippen LogP contribution is -2.60. The van der Waals surface area contributed by atoms with Gasteiger partial charge in [0.2, 0.25) is 5.91 Å². The molecule has 9 nitrogen and oxygen atoms in total. The average molecular weight is 752 g/mol. The summed E-state index contributed by atoms with van der Waals surface area (Å²) in [7, 11) is 0. The summed E-state index contributed by atoms with van der Waals surface area (Å²) in [6.07, 6.45) is 27.8. The summed E-state index contributed by atoms with van der Waals surface area (Å²) in [6, 6.07) is -0.713. The lowest BCUT2D eigenvalue weighted by atomic mass is 9.69. The molecule has 0 aromatic carbocycles. The van der Waals surface area contributed by atoms with Crippen LogP contribution in [0, 0.1) is 11.3 Å². The number of fused-ring (bicyclic) bond motifs is 2. The van der Waals surface area contributed by atoms with Gasteiger partial charge in [-0.1, -0.05) is 154 Å². The molecule has 3 rings (SSSR count). The predicted molar refractivity (Wildman–Crippen MR) is 212 cm³/mol. The van der Waals surface area contributed by atoms with Crippen LogP contribution in [0.4, 0.5) is 0 Å². The number of amides is 1. The van der Waals surface area contributed by atoms with Gasteiger partial charge in [0, 0.05) is 6.42 Å². The Hall–Kier alpha value is -1.07. The van der Waals surface area contributed by atoms with Crippen molar-refractivity contribution in [2.75, 3.05) is 13.2 Å². The van der Waals surface area contributed by atoms with E-state index in [1.54, 1.807) is 5.57 Å². The fourth-order valence-electron chi connectivity index (χ4n) is 9.20. The van der Waals surface area contributed by atoms with Crippen molar-refractivity contribution in [3.8, 4) is 0 Å². The maximum absolute atomic E-state index is 13.0. The standard InChI is InChI=1S/C44H81NO8/c1-3-4-5-6-7-8-9-10-11-12-15-18-21-24-37(47)36(33-52-43-42(51)41(50)40(49)38(32-46)53-43)45-39(48)25-22-19-16-13-14-17-20-23-27-44-28-26-35(31-44)29-34(2)30-44/h26,34,36-38,40-43,46-47,49-51H,3-25,27-33H2,1-2H3,(H,45,48)/t34?,36-,37+,38?,40?,41?,42?,43?,44?/m0/s1. The van der Waals surface area contributed by atoms with E-state index in [0.29, 0.717) is 18.3 Å². The molecule has 0 aromatic rings. The highest BCUT2D eigenvalue weighted by Gasteiger charge is 2.44. The smallest absolute Gasteiger partial charge is 0.220 e. The van der Waals surface area contributed by atoms with Crippen molar-refractivity contribution in [2.24, 2.45) is 11.3 Å². The zero-order chi connectivity index (χ0) is 38.3. The van der Waals surface area contributed by atoms with Crippen LogP contribution in [0.3, 0.4) is 0 Å². The van der Waals surface area contributed by atoms with E-state index in [1.165, 1.54) is 128 Å². The normalized spacial score (nSPS) is 28.2.